The number of thioether (sulfide) groups is 1. The molecular weight excluding hydrogens is 256 g/mol. The van der Waals surface area contributed by atoms with E-state index in [1.54, 1.807) is 0 Å². The van der Waals surface area contributed by atoms with Crippen LogP contribution in [0.1, 0.15) is 49.4 Å². The van der Waals surface area contributed by atoms with Crippen LogP contribution < -0.4 is 11.1 Å². The molecule has 106 valence electrons. The van der Waals surface area contributed by atoms with Crippen molar-refractivity contribution < 1.29 is 0 Å². The van der Waals surface area contributed by atoms with Crippen LogP contribution in [-0.4, -0.2) is 28.5 Å². The molecule has 2 rings (SSSR count). The Hall–Kier alpha value is -0.970. The van der Waals surface area contributed by atoms with E-state index in [2.05, 4.69) is 21.5 Å². The first-order chi connectivity index (χ1) is 9.22. The quantitative estimate of drug-likeness (QED) is 0.716. The third-order valence-corrected chi connectivity index (χ3v) is 4.16. The highest BCUT2D eigenvalue weighted by atomic mass is 32.2. The predicted molar refractivity (Wildman–Crippen MR) is 83.9 cm³/mol. The zero-order valence-corrected chi connectivity index (χ0v) is 12.7. The van der Waals surface area contributed by atoms with Crippen molar-refractivity contribution in [1.82, 2.24) is 9.97 Å². The van der Waals surface area contributed by atoms with Crippen molar-refractivity contribution >= 4 is 23.4 Å². The summed E-state index contributed by atoms with van der Waals surface area (Å²) in [7, 11) is 0. The Morgan fingerprint density at radius 1 is 1.26 bits per heavy atom. The van der Waals surface area contributed by atoms with Crippen LogP contribution in [0.25, 0.3) is 0 Å². The van der Waals surface area contributed by atoms with Gasteiger partial charge in [0.25, 0.3) is 0 Å². The molecule has 4 nitrogen and oxygen atoms in total. The maximum absolute atomic E-state index is 5.96. The van der Waals surface area contributed by atoms with E-state index in [4.69, 9.17) is 5.73 Å². The highest BCUT2D eigenvalue weighted by molar-refractivity contribution is 7.98. The van der Waals surface area contributed by atoms with Gasteiger partial charge in [0.15, 0.2) is 0 Å². The van der Waals surface area contributed by atoms with Crippen LogP contribution in [0.15, 0.2) is 0 Å². The average molecular weight is 280 g/mol. The maximum atomic E-state index is 5.96. The SMILES string of the molecule is CSCCCCCNc1nc(C2CC2)nc(N)c1C. The number of hydrogen-bond acceptors (Lipinski definition) is 5. The Kier molecular flexibility index (Phi) is 5.31. The summed E-state index contributed by atoms with van der Waals surface area (Å²) in [6.45, 7) is 2.96. The highest BCUT2D eigenvalue weighted by Crippen LogP contribution is 2.39. The number of nitrogens with one attached hydrogen (secondary N) is 1. The van der Waals surface area contributed by atoms with Crippen molar-refractivity contribution in [2.75, 3.05) is 29.6 Å². The van der Waals surface area contributed by atoms with Gasteiger partial charge in [-0.25, -0.2) is 9.97 Å². The molecule has 5 heteroatoms. The molecule has 1 aromatic heterocycles. The zero-order chi connectivity index (χ0) is 13.7. The van der Waals surface area contributed by atoms with Gasteiger partial charge in [-0.15, -0.1) is 0 Å². The Labute approximate surface area is 120 Å². The second-order valence-electron chi connectivity index (χ2n) is 5.20. The Morgan fingerprint density at radius 2 is 2.05 bits per heavy atom. The summed E-state index contributed by atoms with van der Waals surface area (Å²) < 4.78 is 0. The fraction of sp³-hybridized carbons (Fsp3) is 0.714. The minimum absolute atomic E-state index is 0.546. The summed E-state index contributed by atoms with van der Waals surface area (Å²) in [6, 6.07) is 0. The van der Waals surface area contributed by atoms with Gasteiger partial charge in [0.1, 0.15) is 17.5 Å². The Morgan fingerprint density at radius 3 is 2.74 bits per heavy atom. The minimum atomic E-state index is 0.546. The first kappa shape index (κ1) is 14.4. The van der Waals surface area contributed by atoms with Crippen molar-refractivity contribution in [2.24, 2.45) is 0 Å². The average Bonchev–Trinajstić information content (AvgIpc) is 3.22. The lowest BCUT2D eigenvalue weighted by molar-refractivity contribution is 0.746. The van der Waals surface area contributed by atoms with E-state index in [0.717, 1.165) is 23.8 Å². The number of rotatable bonds is 8. The normalized spacial score (nSPS) is 14.6. The molecule has 0 radical (unpaired) electrons. The molecule has 0 spiro atoms. The standard InChI is InChI=1S/C14H24N4S/c1-10-12(15)17-14(11-6-7-11)18-13(10)16-8-4-3-5-9-19-2/h11H,3-9H2,1-2H3,(H3,15,16,17,18). The van der Waals surface area contributed by atoms with E-state index >= 15 is 0 Å². The largest absolute Gasteiger partial charge is 0.383 e. The van der Waals surface area contributed by atoms with Gasteiger partial charge in [-0.3, -0.25) is 0 Å². The van der Waals surface area contributed by atoms with Gasteiger partial charge in [-0.2, -0.15) is 11.8 Å². The number of hydrogen-bond donors (Lipinski definition) is 2. The number of anilines is 2. The van der Waals surface area contributed by atoms with E-state index in [0.29, 0.717) is 11.7 Å². The third kappa shape index (κ3) is 4.27. The Balaban J connectivity index is 1.84. The number of unbranched alkanes of at least 4 members (excludes halogenated alkanes) is 2. The smallest absolute Gasteiger partial charge is 0.136 e. The van der Waals surface area contributed by atoms with Gasteiger partial charge in [-0.05, 0) is 44.6 Å². The maximum Gasteiger partial charge on any atom is 0.136 e. The monoisotopic (exact) mass is 280 g/mol. The highest BCUT2D eigenvalue weighted by Gasteiger charge is 2.27. The molecule has 19 heavy (non-hydrogen) atoms. The van der Waals surface area contributed by atoms with Crippen LogP contribution in [0, 0.1) is 6.92 Å². The molecule has 0 aromatic carbocycles. The van der Waals surface area contributed by atoms with Crippen molar-refractivity contribution in [3.8, 4) is 0 Å². The van der Waals surface area contributed by atoms with E-state index in [9.17, 15) is 0 Å². The molecule has 0 bridgehead atoms. The summed E-state index contributed by atoms with van der Waals surface area (Å²) in [6.07, 6.45) is 8.31. The number of nitrogens with two attached hydrogens (primary N) is 1. The summed E-state index contributed by atoms with van der Waals surface area (Å²) >= 11 is 1.91. The molecule has 0 amide bonds. The molecule has 3 N–H and O–H groups in total. The molecule has 0 atom stereocenters. The van der Waals surface area contributed by atoms with Crippen LogP contribution in [0.2, 0.25) is 0 Å². The summed E-state index contributed by atoms with van der Waals surface area (Å²) in [5.41, 5.74) is 6.94. The van der Waals surface area contributed by atoms with E-state index < -0.39 is 0 Å². The van der Waals surface area contributed by atoms with Gasteiger partial charge >= 0.3 is 0 Å². The lowest BCUT2D eigenvalue weighted by atomic mass is 10.2. The van der Waals surface area contributed by atoms with Crippen LogP contribution in [-0.2, 0) is 0 Å². The second-order valence-corrected chi connectivity index (χ2v) is 6.18. The Bertz CT molecular complexity index is 418. The molecule has 1 heterocycles. The van der Waals surface area contributed by atoms with Crippen LogP contribution in [0.5, 0.6) is 0 Å². The summed E-state index contributed by atoms with van der Waals surface area (Å²) in [5.74, 6) is 4.28. The van der Waals surface area contributed by atoms with Crippen molar-refractivity contribution in [1.29, 1.82) is 0 Å². The number of nitrogens with zero attached hydrogens (tertiary/aromatic N) is 2. The van der Waals surface area contributed by atoms with Crippen LogP contribution >= 0.6 is 11.8 Å². The van der Waals surface area contributed by atoms with Gasteiger partial charge < -0.3 is 11.1 Å². The van der Waals surface area contributed by atoms with Gasteiger partial charge in [0.2, 0.25) is 0 Å². The molecule has 0 unspecified atom stereocenters. The van der Waals surface area contributed by atoms with Crippen molar-refractivity contribution in [2.45, 2.75) is 44.9 Å². The van der Waals surface area contributed by atoms with Gasteiger partial charge in [-0.1, -0.05) is 6.42 Å². The first-order valence-corrected chi connectivity index (χ1v) is 8.48. The fourth-order valence-corrected chi connectivity index (χ4v) is 2.50. The zero-order valence-electron chi connectivity index (χ0n) is 11.9. The fourth-order valence-electron chi connectivity index (χ4n) is 2.00. The summed E-state index contributed by atoms with van der Waals surface area (Å²) in [5, 5.41) is 3.42. The first-order valence-electron chi connectivity index (χ1n) is 7.09. The van der Waals surface area contributed by atoms with Crippen LogP contribution in [0.4, 0.5) is 11.6 Å². The van der Waals surface area contributed by atoms with E-state index in [-0.39, 0.29) is 0 Å². The predicted octanol–water partition coefficient (Wildman–Crippen LogP) is 3.19. The third-order valence-electron chi connectivity index (χ3n) is 3.46. The molecule has 1 aromatic rings. The number of nitrogen functional groups attached to an aromatic ring is 1. The van der Waals surface area contributed by atoms with Gasteiger partial charge in [0.05, 0.1) is 0 Å². The molecular formula is C14H24N4S. The summed E-state index contributed by atoms with van der Waals surface area (Å²) in [4.78, 5) is 9.01. The lowest BCUT2D eigenvalue weighted by Crippen LogP contribution is -2.10. The molecule has 0 aliphatic heterocycles. The molecule has 1 aliphatic carbocycles. The van der Waals surface area contributed by atoms with Crippen LogP contribution in [0.3, 0.4) is 0 Å². The van der Waals surface area contributed by atoms with E-state index in [1.165, 1.54) is 37.9 Å². The lowest BCUT2D eigenvalue weighted by Gasteiger charge is -2.11. The topological polar surface area (TPSA) is 63.8 Å². The second kappa shape index (κ2) is 6.98. The van der Waals surface area contributed by atoms with Crippen molar-refractivity contribution in [3.05, 3.63) is 11.4 Å². The number of aromatic nitrogens is 2. The molecule has 1 aliphatic rings. The van der Waals surface area contributed by atoms with Crippen molar-refractivity contribution in [3.63, 3.8) is 0 Å². The van der Waals surface area contributed by atoms with E-state index in [1.807, 2.05) is 18.7 Å². The molecule has 1 saturated carbocycles. The van der Waals surface area contributed by atoms with Gasteiger partial charge in [0, 0.05) is 18.0 Å². The molecule has 1 fully saturated rings. The minimum Gasteiger partial charge on any atom is -0.383 e. The molecule has 0 saturated heterocycles.